The number of nitrogens with one attached hydrogen (secondary N) is 1. The smallest absolute Gasteiger partial charge is 0.335 e. The molecule has 0 unspecified atom stereocenters. The van der Waals surface area contributed by atoms with Gasteiger partial charge < -0.3 is 14.4 Å². The van der Waals surface area contributed by atoms with E-state index in [1.807, 2.05) is 31.0 Å². The Morgan fingerprint density at radius 2 is 2.23 bits per heavy atom. The lowest BCUT2D eigenvalue weighted by Gasteiger charge is -2.25. The lowest BCUT2D eigenvalue weighted by molar-refractivity contribution is -0.144. The van der Waals surface area contributed by atoms with Gasteiger partial charge in [0.15, 0.2) is 0 Å². The minimum absolute atomic E-state index is 0.126. The highest BCUT2D eigenvalue weighted by Gasteiger charge is 2.37. The van der Waals surface area contributed by atoms with Crippen molar-refractivity contribution < 1.29 is 14.3 Å². The maximum atomic E-state index is 12.5. The lowest BCUT2D eigenvalue weighted by atomic mass is 10.1. The van der Waals surface area contributed by atoms with E-state index in [2.05, 4.69) is 15.0 Å². The average molecular weight is 416 g/mol. The van der Waals surface area contributed by atoms with Crippen LogP contribution in [0.1, 0.15) is 38.5 Å². The quantitative estimate of drug-likeness (QED) is 0.325. The van der Waals surface area contributed by atoms with E-state index < -0.39 is 35.6 Å². The number of aromatic amines is 1. The van der Waals surface area contributed by atoms with Crippen molar-refractivity contribution in [3.8, 4) is 0 Å². The molecule has 0 aliphatic carbocycles. The van der Waals surface area contributed by atoms with Crippen LogP contribution in [-0.2, 0) is 14.3 Å². The van der Waals surface area contributed by atoms with E-state index in [1.54, 1.807) is 13.1 Å². The highest BCUT2D eigenvalue weighted by molar-refractivity contribution is 5.88. The number of aryl methyl sites for hydroxylation is 1. The number of carbonyl (C=O) groups excluding carboxylic acids is 1. The van der Waals surface area contributed by atoms with Gasteiger partial charge in [0.2, 0.25) is 0 Å². The van der Waals surface area contributed by atoms with Gasteiger partial charge in [0.1, 0.15) is 18.9 Å². The number of hydrogen-bond acceptors (Lipinski definition) is 7. The first-order chi connectivity index (χ1) is 14.3. The topological polar surface area (TPSA) is 142 Å². The minimum atomic E-state index is -0.750. The summed E-state index contributed by atoms with van der Waals surface area (Å²) in [5.74, 6) is -0.478. The van der Waals surface area contributed by atoms with Crippen LogP contribution in [0.3, 0.4) is 0 Å². The molecule has 3 atom stereocenters. The van der Waals surface area contributed by atoms with E-state index in [9.17, 15) is 14.4 Å². The Morgan fingerprint density at radius 3 is 2.93 bits per heavy atom. The molecule has 0 spiro atoms. The number of H-pyrrole nitrogens is 1. The summed E-state index contributed by atoms with van der Waals surface area (Å²) in [5.41, 5.74) is 8.61. The average Bonchev–Trinajstić information content (AvgIpc) is 3.11. The molecule has 1 saturated heterocycles. The van der Waals surface area contributed by atoms with Gasteiger partial charge >= 0.3 is 11.7 Å². The SMILES string of the molecule is Cc1cn([C@H]2C[C@H](N=[N+]=[N-])[C@@H](COC(=O)C3=CN(C(C)C)C=CC3)O2)c(=O)[nH]c1=O. The van der Waals surface area contributed by atoms with Gasteiger partial charge in [-0.1, -0.05) is 11.2 Å². The Kier molecular flexibility index (Phi) is 6.43. The summed E-state index contributed by atoms with van der Waals surface area (Å²) in [6.07, 6.45) is 6.15. The zero-order chi connectivity index (χ0) is 21.8. The fourth-order valence-electron chi connectivity index (χ4n) is 3.31. The van der Waals surface area contributed by atoms with Crippen molar-refractivity contribution in [3.05, 3.63) is 67.1 Å². The predicted octanol–water partition coefficient (Wildman–Crippen LogP) is 1.87. The van der Waals surface area contributed by atoms with Gasteiger partial charge in [0, 0.05) is 48.0 Å². The molecule has 3 rings (SSSR count). The van der Waals surface area contributed by atoms with Gasteiger partial charge in [-0.05, 0) is 26.3 Å². The summed E-state index contributed by atoms with van der Waals surface area (Å²) < 4.78 is 12.5. The molecule has 0 bridgehead atoms. The van der Waals surface area contributed by atoms with E-state index in [4.69, 9.17) is 15.0 Å². The van der Waals surface area contributed by atoms with Gasteiger partial charge in [-0.3, -0.25) is 14.3 Å². The Bertz CT molecular complexity index is 1030. The number of allylic oxidation sites excluding steroid dienone is 1. The molecule has 1 aromatic rings. The van der Waals surface area contributed by atoms with Crippen molar-refractivity contribution >= 4 is 5.97 Å². The Morgan fingerprint density at radius 1 is 1.47 bits per heavy atom. The fraction of sp³-hybridized carbons (Fsp3) is 0.526. The van der Waals surface area contributed by atoms with Crippen LogP contribution < -0.4 is 11.2 Å². The lowest BCUT2D eigenvalue weighted by Crippen LogP contribution is -2.33. The number of hydrogen-bond donors (Lipinski definition) is 1. The zero-order valence-corrected chi connectivity index (χ0v) is 17.0. The number of esters is 1. The van der Waals surface area contributed by atoms with Crippen molar-refractivity contribution in [2.24, 2.45) is 5.11 Å². The van der Waals surface area contributed by atoms with Crippen molar-refractivity contribution in [2.45, 2.75) is 58.0 Å². The number of aromatic nitrogens is 2. The Balaban J connectivity index is 1.70. The summed E-state index contributed by atoms with van der Waals surface area (Å²) >= 11 is 0. The summed E-state index contributed by atoms with van der Waals surface area (Å²) in [6, 6.07) is -0.420. The van der Waals surface area contributed by atoms with E-state index in [0.717, 1.165) is 0 Å². The number of azide groups is 1. The van der Waals surface area contributed by atoms with E-state index >= 15 is 0 Å². The highest BCUT2D eigenvalue weighted by atomic mass is 16.6. The van der Waals surface area contributed by atoms with E-state index in [1.165, 1.54) is 10.8 Å². The molecule has 30 heavy (non-hydrogen) atoms. The van der Waals surface area contributed by atoms with Crippen LogP contribution in [0.5, 0.6) is 0 Å². The third kappa shape index (κ3) is 4.64. The van der Waals surface area contributed by atoms with Crippen LogP contribution in [0.4, 0.5) is 0 Å². The van der Waals surface area contributed by atoms with Crippen LogP contribution in [0.15, 0.2) is 44.9 Å². The number of nitrogens with zero attached hydrogens (tertiary/aromatic N) is 5. The maximum absolute atomic E-state index is 12.5. The molecule has 0 amide bonds. The van der Waals surface area contributed by atoms with Crippen molar-refractivity contribution in [3.63, 3.8) is 0 Å². The first-order valence-corrected chi connectivity index (χ1v) is 9.63. The Hall–Kier alpha value is -3.30. The summed E-state index contributed by atoms with van der Waals surface area (Å²) in [7, 11) is 0. The molecular formula is C19H24N6O5. The molecule has 2 aliphatic heterocycles. The summed E-state index contributed by atoms with van der Waals surface area (Å²) in [6.45, 7) is 5.46. The molecule has 1 fully saturated rings. The molecule has 1 aromatic heterocycles. The van der Waals surface area contributed by atoms with Gasteiger partial charge in [-0.2, -0.15) is 0 Å². The van der Waals surface area contributed by atoms with Crippen molar-refractivity contribution in [2.75, 3.05) is 6.61 Å². The molecule has 11 nitrogen and oxygen atoms in total. The molecule has 2 aliphatic rings. The molecule has 0 radical (unpaired) electrons. The minimum Gasteiger partial charge on any atom is -0.460 e. The second kappa shape index (κ2) is 9.02. The Labute approximate surface area is 172 Å². The summed E-state index contributed by atoms with van der Waals surface area (Å²) in [4.78, 5) is 43.1. The van der Waals surface area contributed by atoms with E-state index in [0.29, 0.717) is 17.6 Å². The standard InChI is InChI=1S/C19H24N6O5/c1-11(2)24-6-4-5-13(9-24)18(27)29-10-15-14(22-23-20)7-16(30-15)25-8-12(3)17(26)21-19(25)28/h4,6,8-9,11,14-16H,5,7,10H2,1-3H3,(H,21,26,28)/t14-,15+,16+/m0/s1. The van der Waals surface area contributed by atoms with Crippen molar-refractivity contribution in [1.29, 1.82) is 0 Å². The predicted molar refractivity (Wildman–Crippen MR) is 107 cm³/mol. The van der Waals surface area contributed by atoms with Crippen molar-refractivity contribution in [1.82, 2.24) is 14.5 Å². The molecule has 0 aromatic carbocycles. The van der Waals surface area contributed by atoms with Crippen LogP contribution in [0.25, 0.3) is 10.4 Å². The highest BCUT2D eigenvalue weighted by Crippen LogP contribution is 2.30. The summed E-state index contributed by atoms with van der Waals surface area (Å²) in [5, 5.41) is 3.72. The second-order valence-electron chi connectivity index (χ2n) is 7.50. The fourth-order valence-corrected chi connectivity index (χ4v) is 3.31. The first kappa shape index (κ1) is 21.4. The van der Waals surface area contributed by atoms with Gasteiger partial charge in [0.25, 0.3) is 5.56 Å². The number of carbonyl (C=O) groups is 1. The largest absolute Gasteiger partial charge is 0.460 e. The van der Waals surface area contributed by atoms with Crippen LogP contribution in [0, 0.1) is 6.92 Å². The molecular weight excluding hydrogens is 392 g/mol. The monoisotopic (exact) mass is 416 g/mol. The van der Waals surface area contributed by atoms with Crippen LogP contribution in [0.2, 0.25) is 0 Å². The second-order valence-corrected chi connectivity index (χ2v) is 7.50. The molecule has 1 N–H and O–H groups in total. The van der Waals surface area contributed by atoms with Crippen LogP contribution >= 0.6 is 0 Å². The van der Waals surface area contributed by atoms with Gasteiger partial charge in [-0.25, -0.2) is 9.59 Å². The molecule has 160 valence electrons. The van der Waals surface area contributed by atoms with Crippen LogP contribution in [-0.4, -0.2) is 45.2 Å². The first-order valence-electron chi connectivity index (χ1n) is 9.63. The van der Waals surface area contributed by atoms with Gasteiger partial charge in [-0.15, -0.1) is 0 Å². The zero-order valence-electron chi connectivity index (χ0n) is 17.0. The third-order valence-corrected chi connectivity index (χ3v) is 5.02. The third-order valence-electron chi connectivity index (χ3n) is 5.02. The molecule has 0 saturated carbocycles. The normalized spacial score (nSPS) is 23.3. The van der Waals surface area contributed by atoms with E-state index in [-0.39, 0.29) is 19.1 Å². The molecule has 11 heteroatoms. The number of ether oxygens (including phenoxy) is 2. The molecule has 3 heterocycles. The van der Waals surface area contributed by atoms with Gasteiger partial charge in [0.05, 0.1) is 11.6 Å². The maximum Gasteiger partial charge on any atom is 0.335 e. The number of rotatable bonds is 6.